The third-order valence-corrected chi connectivity index (χ3v) is 9.32. The number of H-pyrrole nitrogens is 1. The lowest BCUT2D eigenvalue weighted by Crippen LogP contribution is -2.50. The molecule has 0 atom stereocenters. The molecule has 2 aliphatic rings. The van der Waals surface area contributed by atoms with E-state index in [2.05, 4.69) is 25.5 Å². The van der Waals surface area contributed by atoms with E-state index in [1.165, 1.54) is 7.11 Å². The van der Waals surface area contributed by atoms with Crippen LogP contribution in [0.3, 0.4) is 0 Å². The highest BCUT2D eigenvalue weighted by Gasteiger charge is 2.32. The summed E-state index contributed by atoms with van der Waals surface area (Å²) in [5.74, 6) is 1.37. The molecule has 2 saturated heterocycles. The van der Waals surface area contributed by atoms with Gasteiger partial charge in [-0.25, -0.2) is 8.42 Å². The van der Waals surface area contributed by atoms with Crippen LogP contribution in [0.2, 0.25) is 0 Å². The standard InChI is InChI=1S/C27H39N7O5S/c1-27(2,18-37-3)32-25-21-7-10-28-24(21)30-26(31-25)29-22-6-5-20(17-23(22)38-4)40(35,36)34-11-8-19(9-12-34)33-13-15-39-16-14-33/h5-7,10,17,19H,8-9,11-16,18H2,1-4H3,(H3,28,29,30,31,32). The van der Waals surface area contributed by atoms with Gasteiger partial charge in [-0.3, -0.25) is 4.90 Å². The van der Waals surface area contributed by atoms with Gasteiger partial charge in [-0.15, -0.1) is 0 Å². The summed E-state index contributed by atoms with van der Waals surface area (Å²) in [6, 6.07) is 7.15. The number of benzene rings is 1. The van der Waals surface area contributed by atoms with Crippen molar-refractivity contribution in [3.8, 4) is 5.75 Å². The van der Waals surface area contributed by atoms with Crippen LogP contribution >= 0.6 is 0 Å². The molecule has 3 N–H and O–H groups in total. The summed E-state index contributed by atoms with van der Waals surface area (Å²) in [6.07, 6.45) is 3.43. The van der Waals surface area contributed by atoms with Crippen LogP contribution in [0.5, 0.6) is 5.75 Å². The Hall–Kier alpha value is -2.97. The van der Waals surface area contributed by atoms with Crippen molar-refractivity contribution in [2.45, 2.75) is 43.2 Å². The Morgan fingerprint density at radius 1 is 1.10 bits per heavy atom. The molecule has 2 aromatic heterocycles. The van der Waals surface area contributed by atoms with E-state index in [9.17, 15) is 8.42 Å². The Bertz CT molecular complexity index is 1410. The molecule has 0 spiro atoms. The summed E-state index contributed by atoms with van der Waals surface area (Å²) in [7, 11) is -0.495. The van der Waals surface area contributed by atoms with Crippen LogP contribution in [0.15, 0.2) is 35.4 Å². The average Bonchev–Trinajstić information content (AvgIpc) is 3.43. The number of anilines is 3. The monoisotopic (exact) mass is 573 g/mol. The van der Waals surface area contributed by atoms with Crippen molar-refractivity contribution < 1.29 is 22.6 Å². The van der Waals surface area contributed by atoms with Gasteiger partial charge < -0.3 is 29.8 Å². The van der Waals surface area contributed by atoms with Gasteiger partial charge in [0, 0.05) is 51.6 Å². The lowest BCUT2D eigenvalue weighted by atomic mass is 10.0. The van der Waals surface area contributed by atoms with Crippen molar-refractivity contribution >= 4 is 38.5 Å². The first-order valence-electron chi connectivity index (χ1n) is 13.6. The van der Waals surface area contributed by atoms with Crippen LogP contribution in [0.25, 0.3) is 11.0 Å². The summed E-state index contributed by atoms with van der Waals surface area (Å²) in [5.41, 5.74) is 0.849. The van der Waals surface area contributed by atoms with E-state index in [4.69, 9.17) is 19.2 Å². The number of nitrogens with zero attached hydrogens (tertiary/aromatic N) is 4. The van der Waals surface area contributed by atoms with Gasteiger partial charge in [0.1, 0.15) is 17.2 Å². The quantitative estimate of drug-likeness (QED) is 0.332. The lowest BCUT2D eigenvalue weighted by Gasteiger charge is -2.39. The van der Waals surface area contributed by atoms with Gasteiger partial charge in [-0.1, -0.05) is 0 Å². The number of fused-ring (bicyclic) bond motifs is 1. The number of aromatic nitrogens is 3. The Kier molecular flexibility index (Phi) is 8.47. The first-order valence-corrected chi connectivity index (χ1v) is 15.0. The molecular weight excluding hydrogens is 534 g/mol. The molecule has 2 aliphatic heterocycles. The number of piperidine rings is 1. The topological polar surface area (TPSA) is 134 Å². The summed E-state index contributed by atoms with van der Waals surface area (Å²) in [5, 5.41) is 7.48. The molecular formula is C27H39N7O5S. The van der Waals surface area contributed by atoms with Crippen molar-refractivity contribution in [3.63, 3.8) is 0 Å². The first-order chi connectivity index (χ1) is 19.2. The minimum Gasteiger partial charge on any atom is -0.495 e. The number of hydrogen-bond acceptors (Lipinski definition) is 10. The van der Waals surface area contributed by atoms with Crippen molar-refractivity contribution in [1.29, 1.82) is 0 Å². The molecule has 0 saturated carbocycles. The smallest absolute Gasteiger partial charge is 0.243 e. The second-order valence-electron chi connectivity index (χ2n) is 10.8. The average molecular weight is 574 g/mol. The summed E-state index contributed by atoms with van der Waals surface area (Å²) >= 11 is 0. The van der Waals surface area contributed by atoms with Crippen molar-refractivity contribution in [2.75, 3.05) is 70.9 Å². The van der Waals surface area contributed by atoms with Gasteiger partial charge in [0.25, 0.3) is 0 Å². The van der Waals surface area contributed by atoms with Crippen LogP contribution in [0.1, 0.15) is 26.7 Å². The summed E-state index contributed by atoms with van der Waals surface area (Å²) in [4.78, 5) is 15.0. The molecule has 12 nitrogen and oxygen atoms in total. The fourth-order valence-corrected chi connectivity index (χ4v) is 6.89. The van der Waals surface area contributed by atoms with Crippen LogP contribution in [-0.2, 0) is 19.5 Å². The predicted octanol–water partition coefficient (Wildman–Crippen LogP) is 3.03. The van der Waals surface area contributed by atoms with E-state index in [-0.39, 0.29) is 10.4 Å². The molecule has 1 aromatic carbocycles. The maximum atomic E-state index is 13.5. The normalized spacial score (nSPS) is 18.2. The third kappa shape index (κ3) is 6.18. The predicted molar refractivity (Wildman–Crippen MR) is 154 cm³/mol. The van der Waals surface area contributed by atoms with E-state index in [1.54, 1.807) is 29.6 Å². The Morgan fingerprint density at radius 2 is 1.85 bits per heavy atom. The Morgan fingerprint density at radius 3 is 2.55 bits per heavy atom. The molecule has 0 aliphatic carbocycles. The maximum Gasteiger partial charge on any atom is 0.243 e. The molecule has 0 bridgehead atoms. The van der Waals surface area contributed by atoms with Gasteiger partial charge in [0.05, 0.1) is 48.4 Å². The van der Waals surface area contributed by atoms with Crippen LogP contribution in [0.4, 0.5) is 17.5 Å². The minimum absolute atomic E-state index is 0.198. The molecule has 218 valence electrons. The molecule has 0 radical (unpaired) electrons. The fraction of sp³-hybridized carbons (Fsp3) is 0.556. The van der Waals surface area contributed by atoms with E-state index in [0.29, 0.717) is 54.6 Å². The highest BCUT2D eigenvalue weighted by molar-refractivity contribution is 7.89. The van der Waals surface area contributed by atoms with E-state index < -0.39 is 10.0 Å². The van der Waals surface area contributed by atoms with E-state index in [0.717, 1.165) is 44.5 Å². The van der Waals surface area contributed by atoms with Crippen molar-refractivity contribution in [1.82, 2.24) is 24.2 Å². The molecule has 5 rings (SSSR count). The van der Waals surface area contributed by atoms with Gasteiger partial charge in [-0.2, -0.15) is 14.3 Å². The second-order valence-corrected chi connectivity index (χ2v) is 12.8. The SMILES string of the molecule is COCC(C)(C)Nc1nc(Nc2ccc(S(=O)(=O)N3CCC(N4CCOCC4)CC3)cc2OC)nc2[nH]ccc12. The van der Waals surface area contributed by atoms with E-state index >= 15 is 0 Å². The van der Waals surface area contributed by atoms with Gasteiger partial charge in [-0.05, 0) is 44.9 Å². The molecule has 13 heteroatoms. The highest BCUT2D eigenvalue weighted by Crippen LogP contribution is 2.33. The van der Waals surface area contributed by atoms with Crippen LogP contribution < -0.4 is 15.4 Å². The molecule has 3 aromatic rings. The van der Waals surface area contributed by atoms with Gasteiger partial charge in [0.2, 0.25) is 16.0 Å². The van der Waals surface area contributed by atoms with Crippen LogP contribution in [-0.4, -0.2) is 104 Å². The molecule has 4 heterocycles. The van der Waals surface area contributed by atoms with Crippen molar-refractivity contribution in [3.05, 3.63) is 30.5 Å². The number of hydrogen-bond donors (Lipinski definition) is 3. The number of aromatic amines is 1. The second kappa shape index (κ2) is 11.9. The third-order valence-electron chi connectivity index (χ3n) is 7.42. The Labute approximate surface area is 235 Å². The summed E-state index contributed by atoms with van der Waals surface area (Å²) in [6.45, 7) is 8.82. The maximum absolute atomic E-state index is 13.5. The summed E-state index contributed by atoms with van der Waals surface area (Å²) < 4.78 is 45.0. The largest absolute Gasteiger partial charge is 0.495 e. The van der Waals surface area contributed by atoms with Gasteiger partial charge in [0.15, 0.2) is 0 Å². The number of rotatable bonds is 10. The van der Waals surface area contributed by atoms with Gasteiger partial charge >= 0.3 is 0 Å². The number of ether oxygens (including phenoxy) is 3. The zero-order valence-corrected chi connectivity index (χ0v) is 24.4. The number of sulfonamides is 1. The molecule has 40 heavy (non-hydrogen) atoms. The first kappa shape index (κ1) is 28.6. The van der Waals surface area contributed by atoms with Crippen molar-refractivity contribution in [2.24, 2.45) is 0 Å². The molecule has 0 amide bonds. The number of morpholine rings is 1. The van der Waals surface area contributed by atoms with Crippen LogP contribution in [0, 0.1) is 0 Å². The molecule has 2 fully saturated rings. The Balaban J connectivity index is 1.33. The zero-order chi connectivity index (χ0) is 28.3. The fourth-order valence-electron chi connectivity index (χ4n) is 5.40. The number of nitrogens with one attached hydrogen (secondary N) is 3. The lowest BCUT2D eigenvalue weighted by molar-refractivity contribution is 0.00610. The zero-order valence-electron chi connectivity index (χ0n) is 23.6. The minimum atomic E-state index is -3.67. The molecule has 0 unspecified atom stereocenters. The highest BCUT2D eigenvalue weighted by atomic mass is 32.2. The number of methoxy groups -OCH3 is 2. The van der Waals surface area contributed by atoms with E-state index in [1.807, 2.05) is 26.1 Å².